The normalized spacial score (nSPS) is 21.8. The Morgan fingerprint density at radius 2 is 1.73 bits per heavy atom. The molecule has 5 nitrogen and oxygen atoms in total. The number of hydrogen-bond acceptors (Lipinski definition) is 5. The lowest BCUT2D eigenvalue weighted by molar-refractivity contribution is 0.270. The summed E-state index contributed by atoms with van der Waals surface area (Å²) in [6, 6.07) is 0. The Hall–Kier alpha value is 0.367. The van der Waals surface area contributed by atoms with Gasteiger partial charge in [-0.25, -0.2) is 0 Å². The number of rotatable bonds is 8. The Kier molecular flexibility index (Phi) is 7.85. The molecule has 1 aliphatic heterocycles. The Bertz CT molecular complexity index is 325. The third kappa shape index (κ3) is 7.29. The molecular weight excluding hydrogens is 316 g/mol. The highest BCUT2D eigenvalue weighted by molar-refractivity contribution is 8.24. The maximum absolute atomic E-state index is 9.57. The third-order valence-electron chi connectivity index (χ3n) is 4.84. The molecule has 0 aliphatic carbocycles. The maximum atomic E-state index is 9.57. The topological polar surface area (TPSA) is 65.0 Å². The quantitative estimate of drug-likeness (QED) is 0.463. The highest BCUT2D eigenvalue weighted by atomic mass is 32.3. The van der Waals surface area contributed by atoms with Crippen molar-refractivity contribution in [2.24, 2.45) is 0 Å². The van der Waals surface area contributed by atoms with Gasteiger partial charge in [0.15, 0.2) is 8.32 Å². The van der Waals surface area contributed by atoms with Crippen molar-refractivity contribution >= 4 is 18.9 Å². The molecule has 1 saturated heterocycles. The van der Waals surface area contributed by atoms with Crippen LogP contribution in [0.25, 0.3) is 0 Å². The van der Waals surface area contributed by atoms with Gasteiger partial charge in [0.25, 0.3) is 0 Å². The Labute approximate surface area is 139 Å². The number of nitrogens with one attached hydrogen (secondary N) is 1. The van der Waals surface area contributed by atoms with Gasteiger partial charge in [-0.2, -0.15) is 10.6 Å². The molecule has 7 heteroatoms. The van der Waals surface area contributed by atoms with E-state index in [0.29, 0.717) is 11.5 Å². The lowest BCUT2D eigenvalue weighted by Gasteiger charge is -2.41. The van der Waals surface area contributed by atoms with Crippen LogP contribution in [0, 0.1) is 0 Å². The monoisotopic (exact) mass is 352 g/mol. The zero-order chi connectivity index (χ0) is 16.9. The first kappa shape index (κ1) is 20.4. The van der Waals surface area contributed by atoms with Gasteiger partial charge < -0.3 is 9.74 Å². The summed E-state index contributed by atoms with van der Waals surface area (Å²) in [4.78, 5) is 2.30. The summed E-state index contributed by atoms with van der Waals surface area (Å²) in [5, 5.41) is 3.74. The molecule has 1 aliphatic rings. The lowest BCUT2D eigenvalue weighted by Crippen LogP contribution is -2.42. The minimum atomic E-state index is -2.26. The van der Waals surface area contributed by atoms with Crippen molar-refractivity contribution in [3.63, 3.8) is 0 Å². The Balaban J connectivity index is 2.01. The molecule has 0 atom stereocenters. The number of nitrogens with zero attached hydrogens (tertiary/aromatic N) is 1. The van der Waals surface area contributed by atoms with Gasteiger partial charge in [-0.1, -0.05) is 20.8 Å². The summed E-state index contributed by atoms with van der Waals surface area (Å²) in [6.07, 6.45) is 1.05. The fraction of sp³-hybridized carbons (Fsp3) is 1.00. The van der Waals surface area contributed by atoms with E-state index in [4.69, 9.17) is 4.43 Å². The van der Waals surface area contributed by atoms with E-state index in [1.54, 1.807) is 0 Å². The third-order valence-corrected chi connectivity index (χ3v) is 11.1. The number of hydrogen-bond donors (Lipinski definition) is 3. The fourth-order valence-corrected chi connectivity index (χ4v) is 4.48. The van der Waals surface area contributed by atoms with E-state index in [0.717, 1.165) is 45.8 Å². The molecule has 0 aromatic heterocycles. The largest absolute Gasteiger partial charge is 0.417 e. The molecule has 0 amide bonds. The van der Waals surface area contributed by atoms with E-state index in [1.807, 2.05) is 0 Å². The molecule has 0 aromatic rings. The van der Waals surface area contributed by atoms with Crippen LogP contribution in [0.1, 0.15) is 27.2 Å². The second-order valence-corrected chi connectivity index (χ2v) is 15.0. The van der Waals surface area contributed by atoms with E-state index in [-0.39, 0.29) is 5.04 Å². The van der Waals surface area contributed by atoms with E-state index >= 15 is 0 Å². The van der Waals surface area contributed by atoms with Crippen LogP contribution in [-0.4, -0.2) is 73.2 Å². The van der Waals surface area contributed by atoms with Gasteiger partial charge >= 0.3 is 0 Å². The first-order valence-electron chi connectivity index (χ1n) is 8.34. The molecule has 134 valence electrons. The molecule has 0 saturated carbocycles. The van der Waals surface area contributed by atoms with Crippen LogP contribution in [0.5, 0.6) is 0 Å². The summed E-state index contributed by atoms with van der Waals surface area (Å²) in [5.41, 5.74) is 0. The van der Waals surface area contributed by atoms with Crippen LogP contribution in [0.4, 0.5) is 0 Å². The Morgan fingerprint density at radius 3 is 2.27 bits per heavy atom. The minimum Gasteiger partial charge on any atom is -0.417 e. The van der Waals surface area contributed by atoms with Crippen LogP contribution in [0.3, 0.4) is 0 Å². The van der Waals surface area contributed by atoms with Gasteiger partial charge in [0.05, 0.1) is 11.5 Å². The van der Waals surface area contributed by atoms with Gasteiger partial charge in [-0.05, 0) is 31.1 Å². The zero-order valence-corrected chi connectivity index (χ0v) is 16.8. The van der Waals surface area contributed by atoms with Crippen molar-refractivity contribution in [2.75, 3.05) is 50.8 Å². The van der Waals surface area contributed by atoms with Crippen molar-refractivity contribution in [3.8, 4) is 0 Å². The first-order chi connectivity index (χ1) is 10.0. The van der Waals surface area contributed by atoms with Gasteiger partial charge in [0.1, 0.15) is 0 Å². The van der Waals surface area contributed by atoms with Crippen molar-refractivity contribution in [3.05, 3.63) is 0 Å². The van der Waals surface area contributed by atoms with Crippen LogP contribution >= 0.6 is 10.6 Å². The summed E-state index contributed by atoms with van der Waals surface area (Å²) < 4.78 is 25.3. The standard InChI is InChI=1S/C15H36N2O3SSi/c1-15(2,3)22(4,5)20-12-6-7-16-8-9-17-10-13-21(18,19)14-11-17/h16,18-19H,6-14H2,1-5H3. The molecule has 1 fully saturated rings. The predicted molar refractivity (Wildman–Crippen MR) is 99.7 cm³/mol. The molecule has 1 rings (SSSR count). The summed E-state index contributed by atoms with van der Waals surface area (Å²) in [5.74, 6) is 1.07. The van der Waals surface area contributed by atoms with Crippen molar-refractivity contribution < 1.29 is 13.5 Å². The molecule has 0 radical (unpaired) electrons. The van der Waals surface area contributed by atoms with Crippen molar-refractivity contribution in [1.29, 1.82) is 0 Å². The van der Waals surface area contributed by atoms with E-state index in [2.05, 4.69) is 44.1 Å². The first-order valence-corrected chi connectivity index (χ1v) is 13.1. The summed E-state index contributed by atoms with van der Waals surface area (Å²) in [6.45, 7) is 16.8. The lowest BCUT2D eigenvalue weighted by atomic mass is 10.2. The maximum Gasteiger partial charge on any atom is 0.191 e. The van der Waals surface area contributed by atoms with Crippen molar-refractivity contribution in [1.82, 2.24) is 10.2 Å². The molecule has 3 N–H and O–H groups in total. The SMILES string of the molecule is CC(C)(C)[Si](C)(C)OCCCNCCN1CCS(O)(O)CC1. The minimum absolute atomic E-state index is 0.283. The van der Waals surface area contributed by atoms with Crippen LogP contribution < -0.4 is 5.32 Å². The van der Waals surface area contributed by atoms with Gasteiger partial charge in [0.2, 0.25) is 0 Å². The molecule has 1 heterocycles. The predicted octanol–water partition coefficient (Wildman–Crippen LogP) is 3.05. The fourth-order valence-electron chi connectivity index (χ4n) is 2.09. The molecule has 22 heavy (non-hydrogen) atoms. The van der Waals surface area contributed by atoms with Gasteiger partial charge in [-0.3, -0.25) is 14.0 Å². The van der Waals surface area contributed by atoms with Crippen molar-refractivity contribution in [2.45, 2.75) is 45.3 Å². The highest BCUT2D eigenvalue weighted by Crippen LogP contribution is 2.40. The average molecular weight is 353 g/mol. The summed E-state index contributed by atoms with van der Waals surface area (Å²) >= 11 is 0. The Morgan fingerprint density at radius 1 is 1.14 bits per heavy atom. The highest BCUT2D eigenvalue weighted by Gasteiger charge is 2.36. The van der Waals surface area contributed by atoms with E-state index in [9.17, 15) is 9.11 Å². The molecule has 0 aromatic carbocycles. The van der Waals surface area contributed by atoms with Gasteiger partial charge in [0, 0.05) is 32.8 Å². The molecule has 0 unspecified atom stereocenters. The average Bonchev–Trinajstić information content (AvgIpc) is 2.38. The second kappa shape index (κ2) is 8.46. The van der Waals surface area contributed by atoms with E-state index in [1.165, 1.54) is 0 Å². The molecular formula is C15H36N2O3SSi. The van der Waals surface area contributed by atoms with Crippen LogP contribution in [0.2, 0.25) is 18.1 Å². The van der Waals surface area contributed by atoms with Crippen LogP contribution in [0.15, 0.2) is 0 Å². The molecule has 0 spiro atoms. The second-order valence-electron chi connectivity index (χ2n) is 7.76. The van der Waals surface area contributed by atoms with E-state index < -0.39 is 18.9 Å². The van der Waals surface area contributed by atoms with Gasteiger partial charge in [-0.15, -0.1) is 0 Å². The smallest absolute Gasteiger partial charge is 0.191 e. The summed E-state index contributed by atoms with van der Waals surface area (Å²) in [7, 11) is -3.85. The zero-order valence-electron chi connectivity index (χ0n) is 15.0. The van der Waals surface area contributed by atoms with Crippen LogP contribution in [-0.2, 0) is 4.43 Å². The molecule has 0 bridgehead atoms.